The lowest BCUT2D eigenvalue weighted by Crippen LogP contribution is -2.37. The zero-order chi connectivity index (χ0) is 26.1. The first-order chi connectivity index (χ1) is 17.9. The predicted molar refractivity (Wildman–Crippen MR) is 149 cm³/mol. The topological polar surface area (TPSA) is 86.9 Å². The summed E-state index contributed by atoms with van der Waals surface area (Å²) in [4.78, 5) is 21.7. The summed E-state index contributed by atoms with van der Waals surface area (Å²) in [5.74, 6) is 2.19. The minimum absolute atomic E-state index is 0.0236. The number of methoxy groups -OCH3 is 3. The molecule has 1 saturated heterocycles. The van der Waals surface area contributed by atoms with Gasteiger partial charge in [-0.05, 0) is 48.1 Å². The first kappa shape index (κ1) is 24.9. The third kappa shape index (κ3) is 4.57. The maximum atomic E-state index is 13.6. The Kier molecular flexibility index (Phi) is 6.93. The number of carbonyl (C=O) groups is 1. The first-order valence-corrected chi connectivity index (χ1v) is 13.1. The number of amides is 1. The highest BCUT2D eigenvalue weighted by atomic mass is 32.1. The first-order valence-electron chi connectivity index (χ1n) is 12.3. The summed E-state index contributed by atoms with van der Waals surface area (Å²) in [6, 6.07) is 15.8. The van der Waals surface area contributed by atoms with Crippen molar-refractivity contribution in [3.05, 3.63) is 53.4 Å². The molecule has 37 heavy (non-hydrogen) atoms. The van der Waals surface area contributed by atoms with E-state index in [-0.39, 0.29) is 5.91 Å². The minimum Gasteiger partial charge on any atom is -0.493 e. The lowest BCUT2D eigenvalue weighted by atomic mass is 9.98. The van der Waals surface area contributed by atoms with E-state index in [4.69, 9.17) is 24.9 Å². The van der Waals surface area contributed by atoms with Crippen molar-refractivity contribution in [2.24, 2.45) is 5.92 Å². The number of piperidine rings is 1. The molecule has 3 heterocycles. The van der Waals surface area contributed by atoms with E-state index in [1.54, 1.807) is 21.3 Å². The van der Waals surface area contributed by atoms with Gasteiger partial charge in [-0.15, -0.1) is 11.3 Å². The summed E-state index contributed by atoms with van der Waals surface area (Å²) in [5, 5.41) is 0.757. The summed E-state index contributed by atoms with van der Waals surface area (Å²) in [6.45, 7) is 3.72. The van der Waals surface area contributed by atoms with Crippen molar-refractivity contribution >= 4 is 33.1 Å². The predicted octanol–water partition coefficient (Wildman–Crippen LogP) is 6.11. The zero-order valence-corrected chi connectivity index (χ0v) is 22.4. The summed E-state index contributed by atoms with van der Waals surface area (Å²) in [5.41, 5.74) is 10.6. The molecule has 192 valence electrons. The Bertz CT molecular complexity index is 1420. The Balaban J connectivity index is 1.73. The quantitative estimate of drug-likeness (QED) is 0.332. The van der Waals surface area contributed by atoms with Crippen LogP contribution in [0, 0.1) is 5.92 Å². The number of ether oxygens (including phenoxy) is 3. The van der Waals surface area contributed by atoms with E-state index in [1.165, 1.54) is 11.3 Å². The van der Waals surface area contributed by atoms with E-state index in [2.05, 4.69) is 6.92 Å². The highest BCUT2D eigenvalue weighted by Gasteiger charge is 2.28. The summed E-state index contributed by atoms with van der Waals surface area (Å²) >= 11 is 1.36. The Morgan fingerprint density at radius 1 is 0.973 bits per heavy atom. The number of hydrogen-bond donors (Lipinski definition) is 1. The molecule has 0 radical (unpaired) electrons. The molecule has 5 rings (SSSR count). The number of anilines is 1. The molecule has 0 aliphatic carbocycles. The standard InChI is InChI=1S/C29H31N3O4S/c1-17-10-12-32(13-11-17)29(33)27-25(30)24-20(19-14-22(34-2)26(36-4)23(15-19)35-3)16-21(31-28(24)37-27)18-8-6-5-7-9-18/h5-9,14-17H,10-13,30H2,1-4H3. The number of rotatable bonds is 6. The SMILES string of the molecule is COc1cc(-c2cc(-c3ccccc3)nc3sc(C(=O)N4CCC(C)CC4)c(N)c23)cc(OC)c1OC. The second-order valence-electron chi connectivity index (χ2n) is 9.33. The van der Waals surface area contributed by atoms with Gasteiger partial charge in [0.1, 0.15) is 9.71 Å². The van der Waals surface area contributed by atoms with Gasteiger partial charge in [0.2, 0.25) is 5.75 Å². The van der Waals surface area contributed by atoms with E-state index in [0.717, 1.165) is 58.5 Å². The van der Waals surface area contributed by atoms with E-state index in [1.807, 2.05) is 53.4 Å². The van der Waals surface area contributed by atoms with E-state index in [0.29, 0.717) is 33.7 Å². The van der Waals surface area contributed by atoms with Gasteiger partial charge in [-0.1, -0.05) is 37.3 Å². The maximum Gasteiger partial charge on any atom is 0.266 e. The molecule has 2 N–H and O–H groups in total. The number of thiophene rings is 1. The van der Waals surface area contributed by atoms with Crippen LogP contribution in [0.1, 0.15) is 29.4 Å². The number of nitrogens with zero attached hydrogens (tertiary/aromatic N) is 2. The summed E-state index contributed by atoms with van der Waals surface area (Å²) in [7, 11) is 4.76. The lowest BCUT2D eigenvalue weighted by molar-refractivity contribution is 0.0703. The van der Waals surface area contributed by atoms with Crippen molar-refractivity contribution in [1.29, 1.82) is 0 Å². The molecular formula is C29H31N3O4S. The van der Waals surface area contributed by atoms with Crippen LogP contribution in [0.2, 0.25) is 0 Å². The molecule has 0 unspecified atom stereocenters. The monoisotopic (exact) mass is 517 g/mol. The summed E-state index contributed by atoms with van der Waals surface area (Å²) < 4.78 is 16.8. The highest BCUT2D eigenvalue weighted by molar-refractivity contribution is 7.21. The Morgan fingerprint density at radius 2 is 1.62 bits per heavy atom. The van der Waals surface area contributed by atoms with Gasteiger partial charge in [0.15, 0.2) is 11.5 Å². The number of pyridine rings is 1. The minimum atomic E-state index is -0.0236. The molecule has 0 atom stereocenters. The number of nitrogens with two attached hydrogens (primary N) is 1. The molecule has 0 spiro atoms. The maximum absolute atomic E-state index is 13.6. The van der Waals surface area contributed by atoms with Crippen molar-refractivity contribution in [2.75, 3.05) is 40.2 Å². The summed E-state index contributed by atoms with van der Waals surface area (Å²) in [6.07, 6.45) is 2.01. The van der Waals surface area contributed by atoms with E-state index >= 15 is 0 Å². The van der Waals surface area contributed by atoms with Crippen LogP contribution >= 0.6 is 11.3 Å². The highest BCUT2D eigenvalue weighted by Crippen LogP contribution is 2.46. The molecular weight excluding hydrogens is 486 g/mol. The molecule has 1 aliphatic heterocycles. The molecule has 7 nitrogen and oxygen atoms in total. The number of carbonyl (C=O) groups excluding carboxylic acids is 1. The number of hydrogen-bond acceptors (Lipinski definition) is 7. The fourth-order valence-corrected chi connectivity index (χ4v) is 5.94. The molecule has 4 aromatic rings. The van der Waals surface area contributed by atoms with Gasteiger partial charge < -0.3 is 24.8 Å². The van der Waals surface area contributed by atoms with Crippen molar-refractivity contribution in [1.82, 2.24) is 9.88 Å². The van der Waals surface area contributed by atoms with E-state index in [9.17, 15) is 4.79 Å². The molecule has 8 heteroatoms. The number of aromatic nitrogens is 1. The Morgan fingerprint density at radius 3 is 2.22 bits per heavy atom. The van der Waals surface area contributed by atoms with Gasteiger partial charge in [-0.3, -0.25) is 4.79 Å². The number of benzene rings is 2. The van der Waals surface area contributed by atoms with Gasteiger partial charge in [0.05, 0.1) is 32.7 Å². The van der Waals surface area contributed by atoms with Crippen molar-refractivity contribution in [3.8, 4) is 39.6 Å². The van der Waals surface area contributed by atoms with Crippen molar-refractivity contribution in [2.45, 2.75) is 19.8 Å². The Labute approximate surface area is 220 Å². The van der Waals surface area contributed by atoms with Crippen LogP contribution in [0.4, 0.5) is 5.69 Å². The molecule has 2 aromatic carbocycles. The van der Waals surface area contributed by atoms with Gasteiger partial charge in [0.25, 0.3) is 5.91 Å². The third-order valence-corrected chi connectivity index (χ3v) is 8.10. The van der Waals surface area contributed by atoms with Gasteiger partial charge in [-0.25, -0.2) is 4.98 Å². The van der Waals surface area contributed by atoms with Crippen LogP contribution in [0.5, 0.6) is 17.2 Å². The molecule has 0 saturated carbocycles. The average molecular weight is 518 g/mol. The smallest absolute Gasteiger partial charge is 0.266 e. The van der Waals surface area contributed by atoms with Crippen LogP contribution in [-0.2, 0) is 0 Å². The van der Waals surface area contributed by atoms with Crippen LogP contribution in [0.3, 0.4) is 0 Å². The van der Waals surface area contributed by atoms with Crippen LogP contribution in [0.25, 0.3) is 32.6 Å². The largest absolute Gasteiger partial charge is 0.493 e. The van der Waals surface area contributed by atoms with Gasteiger partial charge >= 0.3 is 0 Å². The lowest BCUT2D eigenvalue weighted by Gasteiger charge is -2.30. The number of nitrogen functional groups attached to an aromatic ring is 1. The van der Waals surface area contributed by atoms with Gasteiger partial charge in [0, 0.05) is 24.0 Å². The van der Waals surface area contributed by atoms with Gasteiger partial charge in [-0.2, -0.15) is 0 Å². The van der Waals surface area contributed by atoms with Crippen LogP contribution < -0.4 is 19.9 Å². The molecule has 0 bridgehead atoms. The molecule has 2 aromatic heterocycles. The Hall–Kier alpha value is -3.78. The normalized spacial score (nSPS) is 14.1. The molecule has 1 amide bonds. The molecule has 1 fully saturated rings. The van der Waals surface area contributed by atoms with Crippen LogP contribution in [-0.4, -0.2) is 50.2 Å². The second-order valence-corrected chi connectivity index (χ2v) is 10.3. The fraction of sp³-hybridized carbons (Fsp3) is 0.310. The zero-order valence-electron chi connectivity index (χ0n) is 21.5. The van der Waals surface area contributed by atoms with Crippen LogP contribution in [0.15, 0.2) is 48.5 Å². The average Bonchev–Trinajstić information content (AvgIpc) is 3.28. The number of likely N-dealkylation sites (tertiary alicyclic amines) is 1. The number of fused-ring (bicyclic) bond motifs is 1. The third-order valence-electron chi connectivity index (χ3n) is 7.01. The second kappa shape index (κ2) is 10.3. The molecule has 1 aliphatic rings. The fourth-order valence-electron chi connectivity index (χ4n) is 4.86. The van der Waals surface area contributed by atoms with Crippen molar-refractivity contribution in [3.63, 3.8) is 0 Å². The van der Waals surface area contributed by atoms with E-state index < -0.39 is 0 Å². The van der Waals surface area contributed by atoms with Crippen molar-refractivity contribution < 1.29 is 19.0 Å².